The average Bonchev–Trinajstić information content (AvgIpc) is 2.73. The minimum atomic E-state index is -1.70. The van der Waals surface area contributed by atoms with Crippen LogP contribution in [0, 0.1) is 17.5 Å². The maximum Gasteiger partial charge on any atom is 0.253 e. The zero-order valence-corrected chi connectivity index (χ0v) is 17.8. The molecule has 0 unspecified atom stereocenters. The highest BCUT2D eigenvalue weighted by atomic mass is 79.9. The second-order valence-corrected chi connectivity index (χ2v) is 7.69. The molecule has 0 saturated heterocycles. The van der Waals surface area contributed by atoms with E-state index in [-0.39, 0.29) is 17.4 Å². The van der Waals surface area contributed by atoms with Gasteiger partial charge < -0.3 is 10.6 Å². The zero-order chi connectivity index (χ0) is 21.7. The summed E-state index contributed by atoms with van der Waals surface area (Å²) in [6.45, 7) is 0.269. The lowest BCUT2D eigenvalue weighted by Crippen LogP contribution is -2.26. The van der Waals surface area contributed by atoms with Gasteiger partial charge in [-0.3, -0.25) is 4.79 Å². The molecule has 0 aliphatic heterocycles. The van der Waals surface area contributed by atoms with E-state index in [1.54, 1.807) is 0 Å². The summed E-state index contributed by atoms with van der Waals surface area (Å²) in [6, 6.07) is 11.8. The fourth-order valence-corrected chi connectivity index (χ4v) is 3.43. The van der Waals surface area contributed by atoms with Gasteiger partial charge in [0.2, 0.25) is 0 Å². The lowest BCUT2D eigenvalue weighted by molar-refractivity contribution is 0.0953. The number of benzene rings is 2. The molecule has 30 heavy (non-hydrogen) atoms. The smallest absolute Gasteiger partial charge is 0.253 e. The van der Waals surface area contributed by atoms with Gasteiger partial charge in [0.15, 0.2) is 17.5 Å². The SMILES string of the molecule is O=C(NCCCc1ccccc1)c1cc(F)c(F)c(F)c1Nc1ncc(Br)cc1Cl. The van der Waals surface area contributed by atoms with Gasteiger partial charge in [-0.15, -0.1) is 0 Å². The summed E-state index contributed by atoms with van der Waals surface area (Å²) in [6.07, 6.45) is 2.72. The van der Waals surface area contributed by atoms with Gasteiger partial charge in [-0.25, -0.2) is 18.2 Å². The van der Waals surface area contributed by atoms with Crippen molar-refractivity contribution < 1.29 is 18.0 Å². The number of anilines is 2. The highest BCUT2D eigenvalue weighted by molar-refractivity contribution is 9.10. The van der Waals surface area contributed by atoms with Gasteiger partial charge in [0.25, 0.3) is 5.91 Å². The maximum atomic E-state index is 14.5. The predicted molar refractivity (Wildman–Crippen MR) is 114 cm³/mol. The van der Waals surface area contributed by atoms with E-state index in [0.717, 1.165) is 12.0 Å². The first kappa shape index (κ1) is 22.1. The molecular formula is C21H16BrClF3N3O. The number of amides is 1. The largest absolute Gasteiger partial charge is 0.352 e. The molecule has 1 heterocycles. The Morgan fingerprint density at radius 1 is 1.10 bits per heavy atom. The van der Waals surface area contributed by atoms with E-state index >= 15 is 0 Å². The number of carbonyl (C=O) groups is 1. The van der Waals surface area contributed by atoms with Crippen molar-refractivity contribution >= 4 is 44.9 Å². The van der Waals surface area contributed by atoms with E-state index < -0.39 is 34.6 Å². The van der Waals surface area contributed by atoms with Crippen LogP contribution in [0.4, 0.5) is 24.7 Å². The van der Waals surface area contributed by atoms with E-state index in [0.29, 0.717) is 17.0 Å². The highest BCUT2D eigenvalue weighted by Gasteiger charge is 2.23. The summed E-state index contributed by atoms with van der Waals surface area (Å²) in [5, 5.41) is 5.19. The summed E-state index contributed by atoms with van der Waals surface area (Å²) in [4.78, 5) is 16.5. The zero-order valence-electron chi connectivity index (χ0n) is 15.5. The van der Waals surface area contributed by atoms with Crippen LogP contribution in [0.1, 0.15) is 22.3 Å². The van der Waals surface area contributed by atoms with Crippen LogP contribution in [0.5, 0.6) is 0 Å². The van der Waals surface area contributed by atoms with Gasteiger partial charge in [-0.05, 0) is 46.5 Å². The maximum absolute atomic E-state index is 14.5. The first-order chi connectivity index (χ1) is 14.4. The van der Waals surface area contributed by atoms with Gasteiger partial charge in [-0.1, -0.05) is 41.9 Å². The van der Waals surface area contributed by atoms with E-state index in [9.17, 15) is 18.0 Å². The normalized spacial score (nSPS) is 10.7. The number of rotatable bonds is 7. The van der Waals surface area contributed by atoms with Crippen molar-refractivity contribution in [3.8, 4) is 0 Å². The van der Waals surface area contributed by atoms with E-state index in [4.69, 9.17) is 11.6 Å². The van der Waals surface area contributed by atoms with Crippen LogP contribution >= 0.6 is 27.5 Å². The minimum Gasteiger partial charge on any atom is -0.352 e. The Hall–Kier alpha value is -2.58. The van der Waals surface area contributed by atoms with Crippen molar-refractivity contribution in [2.75, 3.05) is 11.9 Å². The fraction of sp³-hybridized carbons (Fsp3) is 0.143. The quantitative estimate of drug-likeness (QED) is 0.309. The van der Waals surface area contributed by atoms with Crippen LogP contribution in [0.15, 0.2) is 53.1 Å². The number of nitrogens with zero attached hydrogens (tertiary/aromatic N) is 1. The van der Waals surface area contributed by atoms with E-state index in [2.05, 4.69) is 31.5 Å². The van der Waals surface area contributed by atoms with E-state index in [1.165, 1.54) is 12.3 Å². The number of halogens is 5. The molecule has 0 aliphatic carbocycles. The van der Waals surface area contributed by atoms with Crippen LogP contribution in [0.3, 0.4) is 0 Å². The van der Waals surface area contributed by atoms with Crippen molar-refractivity contribution in [1.82, 2.24) is 10.3 Å². The number of hydrogen-bond donors (Lipinski definition) is 2. The molecular weight excluding hydrogens is 483 g/mol. The molecule has 3 aromatic rings. The van der Waals surface area contributed by atoms with Crippen molar-refractivity contribution in [1.29, 1.82) is 0 Å². The molecule has 1 aromatic heterocycles. The average molecular weight is 499 g/mol. The van der Waals surface area contributed by atoms with Crippen LogP contribution in [0.25, 0.3) is 0 Å². The molecule has 0 aliphatic rings. The van der Waals surface area contributed by atoms with Crippen molar-refractivity contribution in [2.45, 2.75) is 12.8 Å². The van der Waals surface area contributed by atoms with Gasteiger partial charge >= 0.3 is 0 Å². The van der Waals surface area contributed by atoms with Crippen molar-refractivity contribution in [3.63, 3.8) is 0 Å². The molecule has 0 bridgehead atoms. The summed E-state index contributed by atoms with van der Waals surface area (Å²) >= 11 is 9.23. The summed E-state index contributed by atoms with van der Waals surface area (Å²) in [5.74, 6) is -5.47. The predicted octanol–water partition coefficient (Wildman–Crippen LogP) is 6.02. The second kappa shape index (κ2) is 9.95. The number of aromatic nitrogens is 1. The molecule has 156 valence electrons. The molecule has 0 fully saturated rings. The Morgan fingerprint density at radius 2 is 1.83 bits per heavy atom. The van der Waals surface area contributed by atoms with Crippen LogP contribution in [-0.2, 0) is 6.42 Å². The fourth-order valence-electron chi connectivity index (χ4n) is 2.76. The molecule has 0 radical (unpaired) electrons. The van der Waals surface area contributed by atoms with Crippen molar-refractivity contribution in [3.05, 3.63) is 86.7 Å². The number of aryl methyl sites for hydroxylation is 1. The lowest BCUT2D eigenvalue weighted by Gasteiger charge is -2.15. The number of nitrogens with one attached hydrogen (secondary N) is 2. The standard InChI is InChI=1S/C21H16BrClF3N3O/c22-13-9-15(23)20(28-11-13)29-19-14(10-16(24)17(25)18(19)26)21(30)27-8-4-7-12-5-2-1-3-6-12/h1-3,5-6,9-11H,4,7-8H2,(H,27,30)(H,28,29). The van der Waals surface area contributed by atoms with E-state index in [1.807, 2.05) is 30.3 Å². The van der Waals surface area contributed by atoms with Gasteiger partial charge in [0.05, 0.1) is 16.3 Å². The van der Waals surface area contributed by atoms with Crippen LogP contribution < -0.4 is 10.6 Å². The first-order valence-corrected chi connectivity index (χ1v) is 10.1. The molecule has 2 aromatic carbocycles. The third-order valence-corrected chi connectivity index (χ3v) is 4.95. The Balaban J connectivity index is 1.78. The molecule has 0 spiro atoms. The summed E-state index contributed by atoms with van der Waals surface area (Å²) in [7, 11) is 0. The third-order valence-electron chi connectivity index (χ3n) is 4.23. The molecule has 1 amide bonds. The molecule has 3 rings (SSSR count). The molecule has 0 saturated carbocycles. The Kier molecular flexibility index (Phi) is 7.33. The topological polar surface area (TPSA) is 54.0 Å². The van der Waals surface area contributed by atoms with Crippen LogP contribution in [0.2, 0.25) is 5.02 Å². The first-order valence-electron chi connectivity index (χ1n) is 8.94. The summed E-state index contributed by atoms with van der Waals surface area (Å²) < 4.78 is 42.6. The van der Waals surface area contributed by atoms with Gasteiger partial charge in [0.1, 0.15) is 5.82 Å². The highest BCUT2D eigenvalue weighted by Crippen LogP contribution is 2.31. The van der Waals surface area contributed by atoms with Gasteiger partial charge in [-0.2, -0.15) is 0 Å². The molecule has 9 heteroatoms. The monoisotopic (exact) mass is 497 g/mol. The number of carbonyl (C=O) groups excluding carboxylic acids is 1. The third kappa shape index (κ3) is 5.31. The van der Waals surface area contributed by atoms with Crippen molar-refractivity contribution in [2.24, 2.45) is 0 Å². The molecule has 2 N–H and O–H groups in total. The van der Waals surface area contributed by atoms with Crippen LogP contribution in [-0.4, -0.2) is 17.4 Å². The number of hydrogen-bond acceptors (Lipinski definition) is 3. The lowest BCUT2D eigenvalue weighted by atomic mass is 10.1. The Morgan fingerprint density at radius 3 is 2.53 bits per heavy atom. The Bertz CT molecular complexity index is 1070. The second-order valence-electron chi connectivity index (χ2n) is 6.36. The Labute approximate surface area is 184 Å². The van der Waals surface area contributed by atoms with Gasteiger partial charge in [0, 0.05) is 17.2 Å². The molecule has 4 nitrogen and oxygen atoms in total. The minimum absolute atomic E-state index is 0.0112. The number of pyridine rings is 1. The summed E-state index contributed by atoms with van der Waals surface area (Å²) in [5.41, 5.74) is 0.155. The molecule has 0 atom stereocenters.